The molecular weight excluding hydrogens is 200 g/mol. The predicted molar refractivity (Wildman–Crippen MR) is 53.5 cm³/mol. The van der Waals surface area contributed by atoms with E-state index >= 15 is 0 Å². The molecule has 4 heteroatoms. The van der Waals surface area contributed by atoms with Crippen LogP contribution in [0.4, 0.5) is 8.78 Å². The molecule has 0 aliphatic carbocycles. The van der Waals surface area contributed by atoms with Gasteiger partial charge in [-0.2, -0.15) is 0 Å². The number of rotatable bonds is 3. The number of carbonyl (C=O) groups is 1. The number of carbonyl (C=O) groups excluding carboxylic acids is 1. The molecule has 1 rings (SSSR count). The molecule has 0 heterocycles. The summed E-state index contributed by atoms with van der Waals surface area (Å²) in [4.78, 5) is 11.4. The maximum Gasteiger partial charge on any atom is 0.251 e. The van der Waals surface area contributed by atoms with Gasteiger partial charge >= 0.3 is 0 Å². The van der Waals surface area contributed by atoms with Crippen LogP contribution in [0.1, 0.15) is 24.2 Å². The predicted octanol–water partition coefficient (Wildman–Crippen LogP) is 2.35. The summed E-state index contributed by atoms with van der Waals surface area (Å²) in [7, 11) is 0. The van der Waals surface area contributed by atoms with Crippen LogP contribution in [0, 0.1) is 17.6 Å². The molecule has 0 aliphatic rings. The van der Waals surface area contributed by atoms with Gasteiger partial charge in [0.05, 0.1) is 0 Å². The van der Waals surface area contributed by atoms with Crippen LogP contribution in [0.2, 0.25) is 0 Å². The summed E-state index contributed by atoms with van der Waals surface area (Å²) in [6.45, 7) is 4.41. The molecule has 0 atom stereocenters. The van der Waals surface area contributed by atoms with Crippen molar-refractivity contribution in [3.63, 3.8) is 0 Å². The maximum atomic E-state index is 12.8. The molecule has 0 unspecified atom stereocenters. The van der Waals surface area contributed by atoms with E-state index in [0.717, 1.165) is 12.1 Å². The lowest BCUT2D eigenvalue weighted by molar-refractivity contribution is 0.0948. The fraction of sp³-hybridized carbons (Fsp3) is 0.364. The summed E-state index contributed by atoms with van der Waals surface area (Å²) in [5.41, 5.74) is 0.134. The van der Waals surface area contributed by atoms with Gasteiger partial charge in [0, 0.05) is 12.1 Å². The maximum absolute atomic E-state index is 12.8. The highest BCUT2D eigenvalue weighted by Gasteiger charge is 2.09. The van der Waals surface area contributed by atoms with Crippen LogP contribution < -0.4 is 5.32 Å². The molecule has 2 nitrogen and oxygen atoms in total. The van der Waals surface area contributed by atoms with Gasteiger partial charge < -0.3 is 5.32 Å². The van der Waals surface area contributed by atoms with Crippen LogP contribution in [0.25, 0.3) is 0 Å². The summed E-state index contributed by atoms with van der Waals surface area (Å²) < 4.78 is 25.4. The second-order valence-corrected chi connectivity index (χ2v) is 3.73. The van der Waals surface area contributed by atoms with E-state index in [1.54, 1.807) is 0 Å². The van der Waals surface area contributed by atoms with Gasteiger partial charge in [0.25, 0.3) is 5.91 Å². The molecule has 0 aliphatic heterocycles. The van der Waals surface area contributed by atoms with Crippen molar-refractivity contribution in [2.45, 2.75) is 13.8 Å². The molecule has 0 bridgehead atoms. The molecule has 1 aromatic carbocycles. The van der Waals surface area contributed by atoms with Crippen LogP contribution in [0.3, 0.4) is 0 Å². The topological polar surface area (TPSA) is 29.1 Å². The second-order valence-electron chi connectivity index (χ2n) is 3.73. The van der Waals surface area contributed by atoms with Crippen molar-refractivity contribution in [3.05, 3.63) is 35.4 Å². The Morgan fingerprint density at radius 1 is 1.33 bits per heavy atom. The van der Waals surface area contributed by atoms with Crippen LogP contribution in [0.5, 0.6) is 0 Å². The van der Waals surface area contributed by atoms with Gasteiger partial charge in [-0.05, 0) is 24.1 Å². The SMILES string of the molecule is CC(C)CNC(=O)c1ccc(F)c(F)c1. The molecule has 15 heavy (non-hydrogen) atoms. The van der Waals surface area contributed by atoms with E-state index in [4.69, 9.17) is 0 Å². The highest BCUT2D eigenvalue weighted by molar-refractivity contribution is 5.94. The zero-order valence-electron chi connectivity index (χ0n) is 8.68. The van der Waals surface area contributed by atoms with E-state index in [0.29, 0.717) is 12.5 Å². The molecule has 0 saturated carbocycles. The van der Waals surface area contributed by atoms with Crippen molar-refractivity contribution in [1.82, 2.24) is 5.32 Å². The van der Waals surface area contributed by atoms with Crippen molar-refractivity contribution < 1.29 is 13.6 Å². The Morgan fingerprint density at radius 3 is 2.53 bits per heavy atom. The number of benzene rings is 1. The van der Waals surface area contributed by atoms with Crippen molar-refractivity contribution >= 4 is 5.91 Å². The Bertz CT molecular complexity index is 364. The lowest BCUT2D eigenvalue weighted by Gasteiger charge is -2.07. The Labute approximate surface area is 87.3 Å². The van der Waals surface area contributed by atoms with Gasteiger partial charge in [-0.15, -0.1) is 0 Å². The summed E-state index contributed by atoms with van der Waals surface area (Å²) in [5, 5.41) is 2.62. The zero-order chi connectivity index (χ0) is 11.4. The van der Waals surface area contributed by atoms with Crippen molar-refractivity contribution in [1.29, 1.82) is 0 Å². The standard InChI is InChI=1S/C11H13F2NO/c1-7(2)6-14-11(15)8-3-4-9(12)10(13)5-8/h3-5,7H,6H2,1-2H3,(H,14,15). The average molecular weight is 213 g/mol. The first-order valence-electron chi connectivity index (χ1n) is 4.74. The molecule has 1 aromatic rings. The minimum atomic E-state index is -1.01. The molecule has 1 N–H and O–H groups in total. The van der Waals surface area contributed by atoms with Crippen molar-refractivity contribution in [2.24, 2.45) is 5.92 Å². The molecule has 1 amide bonds. The van der Waals surface area contributed by atoms with Gasteiger partial charge in [0.15, 0.2) is 11.6 Å². The lowest BCUT2D eigenvalue weighted by Crippen LogP contribution is -2.27. The number of halogens is 2. The second kappa shape index (κ2) is 4.87. The first-order valence-corrected chi connectivity index (χ1v) is 4.74. The first-order chi connectivity index (χ1) is 7.00. The quantitative estimate of drug-likeness (QED) is 0.820. The molecule has 0 radical (unpaired) electrons. The van der Waals surface area contributed by atoms with E-state index in [1.807, 2.05) is 13.8 Å². The third-order valence-electron chi connectivity index (χ3n) is 1.85. The van der Waals surface area contributed by atoms with Gasteiger partial charge in [-0.1, -0.05) is 13.8 Å². The molecule has 0 spiro atoms. The highest BCUT2D eigenvalue weighted by Crippen LogP contribution is 2.08. The first kappa shape index (κ1) is 11.6. The van der Waals surface area contributed by atoms with E-state index in [-0.39, 0.29) is 11.5 Å². The minimum absolute atomic E-state index is 0.134. The molecule has 0 aromatic heterocycles. The van der Waals surface area contributed by atoms with Gasteiger partial charge in [-0.25, -0.2) is 8.78 Å². The van der Waals surface area contributed by atoms with E-state index in [1.165, 1.54) is 6.07 Å². The van der Waals surface area contributed by atoms with Crippen molar-refractivity contribution in [2.75, 3.05) is 6.54 Å². The molecule has 82 valence electrons. The Balaban J connectivity index is 2.70. The minimum Gasteiger partial charge on any atom is -0.352 e. The average Bonchev–Trinajstić information content (AvgIpc) is 2.18. The van der Waals surface area contributed by atoms with Gasteiger partial charge in [-0.3, -0.25) is 4.79 Å². The smallest absolute Gasteiger partial charge is 0.251 e. The van der Waals surface area contributed by atoms with E-state index < -0.39 is 11.6 Å². The van der Waals surface area contributed by atoms with Crippen LogP contribution >= 0.6 is 0 Å². The Hall–Kier alpha value is -1.45. The Morgan fingerprint density at radius 2 is 2.00 bits per heavy atom. The number of amides is 1. The summed E-state index contributed by atoms with van der Waals surface area (Å²) in [6.07, 6.45) is 0. The van der Waals surface area contributed by atoms with Crippen LogP contribution in [-0.4, -0.2) is 12.5 Å². The summed E-state index contributed by atoms with van der Waals surface area (Å²) >= 11 is 0. The fourth-order valence-electron chi connectivity index (χ4n) is 1.04. The normalized spacial score (nSPS) is 10.5. The molecule has 0 fully saturated rings. The zero-order valence-corrected chi connectivity index (χ0v) is 8.68. The third kappa shape index (κ3) is 3.31. The Kier molecular flexibility index (Phi) is 3.77. The summed E-state index contributed by atoms with van der Waals surface area (Å²) in [6, 6.07) is 3.10. The van der Waals surface area contributed by atoms with E-state index in [9.17, 15) is 13.6 Å². The molecule has 0 saturated heterocycles. The van der Waals surface area contributed by atoms with Gasteiger partial charge in [0.1, 0.15) is 0 Å². The summed E-state index contributed by atoms with van der Waals surface area (Å²) in [5.74, 6) is -2.02. The third-order valence-corrected chi connectivity index (χ3v) is 1.85. The number of hydrogen-bond donors (Lipinski definition) is 1. The highest BCUT2D eigenvalue weighted by atomic mass is 19.2. The van der Waals surface area contributed by atoms with Crippen LogP contribution in [-0.2, 0) is 0 Å². The fourth-order valence-corrected chi connectivity index (χ4v) is 1.04. The molecular formula is C11H13F2NO. The lowest BCUT2D eigenvalue weighted by atomic mass is 10.2. The van der Waals surface area contributed by atoms with Gasteiger partial charge in [0.2, 0.25) is 0 Å². The van der Waals surface area contributed by atoms with Crippen LogP contribution in [0.15, 0.2) is 18.2 Å². The van der Waals surface area contributed by atoms with Crippen molar-refractivity contribution in [3.8, 4) is 0 Å². The number of nitrogens with one attached hydrogen (secondary N) is 1. The monoisotopic (exact) mass is 213 g/mol. The number of hydrogen-bond acceptors (Lipinski definition) is 1. The largest absolute Gasteiger partial charge is 0.352 e. The van der Waals surface area contributed by atoms with E-state index in [2.05, 4.69) is 5.32 Å².